The number of rotatable bonds is 12. The standard InChI is InChI=1S/C28H34N2O/c1-2-3-4-5-6-7-8-13-20-30-27-17-12-11-16-26(27)29-28(30)22-31-25-19-18-23-14-9-10-15-24(23)21-25/h9-12,14-19,21H,2-8,13,20,22H2,1H3. The van der Waals surface area contributed by atoms with Crippen molar-refractivity contribution < 1.29 is 4.74 Å². The van der Waals surface area contributed by atoms with Crippen molar-refractivity contribution in [1.82, 2.24) is 9.55 Å². The van der Waals surface area contributed by atoms with Crippen LogP contribution in [0.5, 0.6) is 5.75 Å². The van der Waals surface area contributed by atoms with Crippen LogP contribution < -0.4 is 4.74 Å². The van der Waals surface area contributed by atoms with Gasteiger partial charge in [-0.3, -0.25) is 0 Å². The van der Waals surface area contributed by atoms with E-state index in [1.165, 1.54) is 67.7 Å². The van der Waals surface area contributed by atoms with Crippen molar-refractivity contribution in [1.29, 1.82) is 0 Å². The van der Waals surface area contributed by atoms with E-state index >= 15 is 0 Å². The molecule has 3 aromatic carbocycles. The van der Waals surface area contributed by atoms with E-state index < -0.39 is 0 Å². The lowest BCUT2D eigenvalue weighted by atomic mass is 10.1. The first kappa shape index (κ1) is 21.4. The zero-order valence-electron chi connectivity index (χ0n) is 18.7. The molecule has 1 aromatic heterocycles. The molecule has 3 heteroatoms. The number of aryl methyl sites for hydroxylation is 1. The quantitative estimate of drug-likeness (QED) is 0.220. The third kappa shape index (κ3) is 5.66. The van der Waals surface area contributed by atoms with Crippen LogP contribution in [0.15, 0.2) is 66.7 Å². The molecule has 0 fully saturated rings. The summed E-state index contributed by atoms with van der Waals surface area (Å²) in [7, 11) is 0. The first-order chi connectivity index (χ1) is 15.3. The van der Waals surface area contributed by atoms with E-state index in [2.05, 4.69) is 72.2 Å². The van der Waals surface area contributed by atoms with Crippen LogP contribution in [0.25, 0.3) is 21.8 Å². The molecule has 0 N–H and O–H groups in total. The molecule has 1 heterocycles. The number of ether oxygens (including phenoxy) is 1. The van der Waals surface area contributed by atoms with Crippen molar-refractivity contribution in [2.24, 2.45) is 0 Å². The second-order valence-electron chi connectivity index (χ2n) is 8.44. The van der Waals surface area contributed by atoms with Crippen molar-refractivity contribution >= 4 is 21.8 Å². The predicted octanol–water partition coefficient (Wildman–Crippen LogP) is 7.91. The average molecular weight is 415 g/mol. The Kier molecular flexibility index (Phi) is 7.60. The van der Waals surface area contributed by atoms with Gasteiger partial charge in [-0.1, -0.05) is 94.3 Å². The van der Waals surface area contributed by atoms with Gasteiger partial charge < -0.3 is 9.30 Å². The molecule has 0 saturated carbocycles. The fraction of sp³-hybridized carbons (Fsp3) is 0.393. The topological polar surface area (TPSA) is 27.1 Å². The normalized spacial score (nSPS) is 11.4. The Hall–Kier alpha value is -2.81. The summed E-state index contributed by atoms with van der Waals surface area (Å²) >= 11 is 0. The minimum Gasteiger partial charge on any atom is -0.486 e. The molecule has 31 heavy (non-hydrogen) atoms. The lowest BCUT2D eigenvalue weighted by Gasteiger charge is -2.11. The van der Waals surface area contributed by atoms with E-state index in [9.17, 15) is 0 Å². The SMILES string of the molecule is CCCCCCCCCCn1c(COc2ccc3ccccc3c2)nc2ccccc21. The van der Waals surface area contributed by atoms with Crippen molar-refractivity contribution in [2.75, 3.05) is 0 Å². The van der Waals surface area contributed by atoms with Gasteiger partial charge in [0.25, 0.3) is 0 Å². The Morgan fingerprint density at radius 1 is 0.742 bits per heavy atom. The van der Waals surface area contributed by atoms with Crippen molar-refractivity contribution in [3.8, 4) is 5.75 Å². The van der Waals surface area contributed by atoms with E-state index in [4.69, 9.17) is 9.72 Å². The molecule has 0 spiro atoms. The van der Waals surface area contributed by atoms with Gasteiger partial charge in [0.05, 0.1) is 11.0 Å². The lowest BCUT2D eigenvalue weighted by Crippen LogP contribution is -2.07. The molecule has 0 aliphatic carbocycles. The molecule has 162 valence electrons. The number of nitrogens with zero attached hydrogens (tertiary/aromatic N) is 2. The first-order valence-corrected chi connectivity index (χ1v) is 11.9. The van der Waals surface area contributed by atoms with Crippen LogP contribution in [-0.2, 0) is 13.2 Å². The number of unbranched alkanes of at least 4 members (excludes halogenated alkanes) is 7. The molecule has 4 aromatic rings. The molecule has 0 aliphatic rings. The highest BCUT2D eigenvalue weighted by Crippen LogP contribution is 2.23. The minimum absolute atomic E-state index is 0.490. The zero-order chi connectivity index (χ0) is 21.3. The molecule has 4 rings (SSSR count). The monoisotopic (exact) mass is 414 g/mol. The smallest absolute Gasteiger partial charge is 0.147 e. The van der Waals surface area contributed by atoms with Crippen LogP contribution in [-0.4, -0.2) is 9.55 Å². The summed E-state index contributed by atoms with van der Waals surface area (Å²) in [6.45, 7) is 3.77. The number of hydrogen-bond donors (Lipinski definition) is 0. The highest BCUT2D eigenvalue weighted by Gasteiger charge is 2.11. The largest absolute Gasteiger partial charge is 0.486 e. The third-order valence-corrected chi connectivity index (χ3v) is 6.06. The maximum absolute atomic E-state index is 6.17. The highest BCUT2D eigenvalue weighted by atomic mass is 16.5. The Bertz CT molecular complexity index is 1100. The summed E-state index contributed by atoms with van der Waals surface area (Å²) < 4.78 is 8.52. The van der Waals surface area contributed by atoms with Gasteiger partial charge >= 0.3 is 0 Å². The number of fused-ring (bicyclic) bond motifs is 2. The minimum atomic E-state index is 0.490. The van der Waals surface area contributed by atoms with Gasteiger partial charge in [-0.15, -0.1) is 0 Å². The number of hydrogen-bond acceptors (Lipinski definition) is 2. The molecule has 0 aliphatic heterocycles. The van der Waals surface area contributed by atoms with Crippen LogP contribution >= 0.6 is 0 Å². The fourth-order valence-corrected chi connectivity index (χ4v) is 4.29. The summed E-state index contributed by atoms with van der Waals surface area (Å²) in [4.78, 5) is 4.88. The molecule has 0 bridgehead atoms. The van der Waals surface area contributed by atoms with Crippen LogP contribution in [0.4, 0.5) is 0 Å². The maximum atomic E-state index is 6.17. The average Bonchev–Trinajstić information content (AvgIpc) is 3.17. The maximum Gasteiger partial charge on any atom is 0.147 e. The Morgan fingerprint density at radius 3 is 2.29 bits per heavy atom. The molecular weight excluding hydrogens is 380 g/mol. The van der Waals surface area contributed by atoms with Gasteiger partial charge in [0.2, 0.25) is 0 Å². The molecule has 0 amide bonds. The Labute approximate surface area is 186 Å². The Morgan fingerprint density at radius 2 is 1.45 bits per heavy atom. The number of benzene rings is 3. The van der Waals surface area contributed by atoms with Gasteiger partial charge in [-0.05, 0) is 41.5 Å². The molecule has 0 unspecified atom stereocenters. The highest BCUT2D eigenvalue weighted by molar-refractivity contribution is 5.83. The molecule has 0 radical (unpaired) electrons. The van der Waals surface area contributed by atoms with E-state index in [0.29, 0.717) is 6.61 Å². The summed E-state index contributed by atoms with van der Waals surface area (Å²) in [5.41, 5.74) is 2.27. The van der Waals surface area contributed by atoms with Crippen molar-refractivity contribution in [2.45, 2.75) is 71.4 Å². The first-order valence-electron chi connectivity index (χ1n) is 11.9. The summed E-state index contributed by atoms with van der Waals surface area (Å²) in [5.74, 6) is 1.90. The molecule has 0 saturated heterocycles. The van der Waals surface area contributed by atoms with Crippen LogP contribution in [0.1, 0.15) is 64.1 Å². The van der Waals surface area contributed by atoms with E-state index in [0.717, 1.165) is 23.6 Å². The predicted molar refractivity (Wildman–Crippen MR) is 131 cm³/mol. The summed E-state index contributed by atoms with van der Waals surface area (Å²) in [6.07, 6.45) is 10.6. The Balaban J connectivity index is 1.38. The van der Waals surface area contributed by atoms with Crippen molar-refractivity contribution in [3.05, 3.63) is 72.6 Å². The van der Waals surface area contributed by atoms with Gasteiger partial charge in [0.1, 0.15) is 18.2 Å². The molecule has 3 nitrogen and oxygen atoms in total. The molecular formula is C28H34N2O. The van der Waals surface area contributed by atoms with E-state index in [-0.39, 0.29) is 0 Å². The van der Waals surface area contributed by atoms with Crippen LogP contribution in [0.2, 0.25) is 0 Å². The van der Waals surface area contributed by atoms with Gasteiger partial charge in [-0.2, -0.15) is 0 Å². The summed E-state index contributed by atoms with van der Waals surface area (Å²) in [5, 5.41) is 2.43. The van der Waals surface area contributed by atoms with Gasteiger partial charge in [0.15, 0.2) is 0 Å². The van der Waals surface area contributed by atoms with Gasteiger partial charge in [0, 0.05) is 6.54 Å². The van der Waals surface area contributed by atoms with Gasteiger partial charge in [-0.25, -0.2) is 4.98 Å². The zero-order valence-corrected chi connectivity index (χ0v) is 18.7. The van der Waals surface area contributed by atoms with Crippen LogP contribution in [0, 0.1) is 0 Å². The van der Waals surface area contributed by atoms with E-state index in [1.807, 2.05) is 6.07 Å². The van der Waals surface area contributed by atoms with Crippen LogP contribution in [0.3, 0.4) is 0 Å². The molecule has 0 atom stereocenters. The third-order valence-electron chi connectivity index (χ3n) is 6.06. The van der Waals surface area contributed by atoms with E-state index in [1.54, 1.807) is 0 Å². The fourth-order valence-electron chi connectivity index (χ4n) is 4.29. The van der Waals surface area contributed by atoms with Crippen molar-refractivity contribution in [3.63, 3.8) is 0 Å². The second kappa shape index (κ2) is 11.0. The lowest BCUT2D eigenvalue weighted by molar-refractivity contribution is 0.290. The summed E-state index contributed by atoms with van der Waals surface area (Å²) in [6, 6.07) is 23.1. The number of imidazole rings is 1. The number of para-hydroxylation sites is 2. The second-order valence-corrected chi connectivity index (χ2v) is 8.44. The number of aromatic nitrogens is 2.